The number of carbonyl (C=O) groups excluding carboxylic acids is 4. The summed E-state index contributed by atoms with van der Waals surface area (Å²) in [6.07, 6.45) is 1.26. The molecule has 1 aliphatic heterocycles. The molecule has 13 heteroatoms. The van der Waals surface area contributed by atoms with Crippen molar-refractivity contribution in [1.29, 1.82) is 0 Å². The van der Waals surface area contributed by atoms with Crippen molar-refractivity contribution in [3.63, 3.8) is 0 Å². The second kappa shape index (κ2) is 9.97. The van der Waals surface area contributed by atoms with E-state index in [-0.39, 0.29) is 32.8 Å². The van der Waals surface area contributed by atoms with Crippen LogP contribution in [-0.4, -0.2) is 49.9 Å². The molecule has 0 saturated carbocycles. The van der Waals surface area contributed by atoms with Gasteiger partial charge in [0, 0.05) is 18.2 Å². The number of rotatable bonds is 8. The lowest BCUT2D eigenvalue weighted by Crippen LogP contribution is -2.36. The SMILES string of the molecule is COc1cccc(/C=C2\SC(=O)N(CC(N)=O)C2=O)c1OS(=O)(=O)c1ccc(NC(C)=O)cc1. The highest BCUT2D eigenvalue weighted by Gasteiger charge is 2.36. The molecular formula is C21H19N3O8S2. The fourth-order valence-electron chi connectivity index (χ4n) is 2.90. The normalized spacial score (nSPS) is 14.9. The van der Waals surface area contributed by atoms with Crippen LogP contribution in [0.15, 0.2) is 52.3 Å². The molecule has 0 aromatic heterocycles. The van der Waals surface area contributed by atoms with Gasteiger partial charge in [0.05, 0.1) is 12.0 Å². The maximum Gasteiger partial charge on any atom is 0.339 e. The number of imide groups is 1. The van der Waals surface area contributed by atoms with Crippen LogP contribution in [0.3, 0.4) is 0 Å². The molecule has 0 unspecified atom stereocenters. The van der Waals surface area contributed by atoms with Crippen LogP contribution in [0.4, 0.5) is 10.5 Å². The van der Waals surface area contributed by atoms with Gasteiger partial charge in [-0.1, -0.05) is 12.1 Å². The number of para-hydroxylation sites is 1. The summed E-state index contributed by atoms with van der Waals surface area (Å²) in [6, 6.07) is 9.77. The van der Waals surface area contributed by atoms with E-state index in [1.54, 1.807) is 6.07 Å². The van der Waals surface area contributed by atoms with Crippen molar-refractivity contribution in [3.8, 4) is 11.5 Å². The smallest absolute Gasteiger partial charge is 0.339 e. The number of ether oxygens (including phenoxy) is 1. The Hall–Kier alpha value is -3.84. The number of nitrogens with zero attached hydrogens (tertiary/aromatic N) is 1. The van der Waals surface area contributed by atoms with Gasteiger partial charge in [0.15, 0.2) is 11.5 Å². The Morgan fingerprint density at radius 1 is 1.15 bits per heavy atom. The van der Waals surface area contributed by atoms with Gasteiger partial charge in [-0.05, 0) is 48.2 Å². The first kappa shape index (κ1) is 24.8. The van der Waals surface area contributed by atoms with Crippen LogP contribution in [0.5, 0.6) is 11.5 Å². The highest BCUT2D eigenvalue weighted by molar-refractivity contribution is 8.18. The number of amides is 4. The van der Waals surface area contributed by atoms with Crippen LogP contribution in [0.2, 0.25) is 0 Å². The fourth-order valence-corrected chi connectivity index (χ4v) is 4.69. The molecule has 34 heavy (non-hydrogen) atoms. The lowest BCUT2D eigenvalue weighted by Gasteiger charge is -2.14. The van der Waals surface area contributed by atoms with Gasteiger partial charge >= 0.3 is 10.1 Å². The van der Waals surface area contributed by atoms with Crippen LogP contribution in [-0.2, 0) is 24.5 Å². The quantitative estimate of drug-likeness (QED) is 0.403. The van der Waals surface area contributed by atoms with Crippen molar-refractivity contribution >= 4 is 56.6 Å². The average molecular weight is 506 g/mol. The molecule has 3 N–H and O–H groups in total. The summed E-state index contributed by atoms with van der Waals surface area (Å²) < 4.78 is 36.4. The number of carbonyl (C=O) groups is 4. The number of hydrogen-bond donors (Lipinski definition) is 2. The predicted octanol–water partition coefficient (Wildman–Crippen LogP) is 1.94. The third kappa shape index (κ3) is 5.55. The lowest BCUT2D eigenvalue weighted by molar-refractivity contribution is -0.127. The number of methoxy groups -OCH3 is 1. The largest absolute Gasteiger partial charge is 0.493 e. The third-order valence-corrected chi connectivity index (χ3v) is 6.50. The minimum Gasteiger partial charge on any atom is -0.493 e. The van der Waals surface area contributed by atoms with E-state index >= 15 is 0 Å². The Kier molecular flexibility index (Phi) is 7.27. The Morgan fingerprint density at radius 2 is 1.82 bits per heavy atom. The van der Waals surface area contributed by atoms with Gasteiger partial charge < -0.3 is 20.0 Å². The fraction of sp³-hybridized carbons (Fsp3) is 0.143. The second-order valence-corrected chi connectivity index (χ2v) is 9.40. The molecule has 0 aliphatic carbocycles. The van der Waals surface area contributed by atoms with Gasteiger partial charge in [0.2, 0.25) is 11.8 Å². The Morgan fingerprint density at radius 3 is 2.41 bits per heavy atom. The summed E-state index contributed by atoms with van der Waals surface area (Å²) in [5.41, 5.74) is 5.62. The molecule has 1 fully saturated rings. The highest BCUT2D eigenvalue weighted by Crippen LogP contribution is 2.38. The first-order valence-electron chi connectivity index (χ1n) is 9.54. The summed E-state index contributed by atoms with van der Waals surface area (Å²) in [5.74, 6) is -2.07. The molecule has 1 heterocycles. The minimum atomic E-state index is -4.35. The van der Waals surface area contributed by atoms with E-state index in [0.29, 0.717) is 22.3 Å². The van der Waals surface area contributed by atoms with Crippen molar-refractivity contribution < 1.29 is 36.5 Å². The molecule has 0 atom stereocenters. The van der Waals surface area contributed by atoms with Gasteiger partial charge in [-0.2, -0.15) is 8.42 Å². The maximum absolute atomic E-state index is 12.9. The molecule has 4 amide bonds. The van der Waals surface area contributed by atoms with Crippen LogP contribution in [0.25, 0.3) is 6.08 Å². The zero-order valence-electron chi connectivity index (χ0n) is 17.9. The zero-order valence-corrected chi connectivity index (χ0v) is 19.6. The van der Waals surface area contributed by atoms with Gasteiger partial charge in [0.25, 0.3) is 11.1 Å². The molecule has 1 aliphatic rings. The summed E-state index contributed by atoms with van der Waals surface area (Å²) in [5, 5.41) is 1.84. The first-order valence-corrected chi connectivity index (χ1v) is 11.8. The Balaban J connectivity index is 1.96. The van der Waals surface area contributed by atoms with Crippen LogP contribution >= 0.6 is 11.8 Å². The molecule has 0 spiro atoms. The molecule has 1 saturated heterocycles. The molecule has 2 aromatic carbocycles. The molecule has 0 radical (unpaired) electrons. The number of benzene rings is 2. The van der Waals surface area contributed by atoms with E-state index in [2.05, 4.69) is 5.32 Å². The number of anilines is 1. The van der Waals surface area contributed by atoms with Crippen LogP contribution < -0.4 is 20.0 Å². The Labute approximate surface area is 199 Å². The summed E-state index contributed by atoms with van der Waals surface area (Å²) in [6.45, 7) is 0.742. The molecule has 0 bridgehead atoms. The predicted molar refractivity (Wildman–Crippen MR) is 123 cm³/mol. The van der Waals surface area contributed by atoms with E-state index < -0.39 is 33.7 Å². The molecular weight excluding hydrogens is 486 g/mol. The lowest BCUT2D eigenvalue weighted by atomic mass is 10.1. The molecule has 3 rings (SSSR count). The van der Waals surface area contributed by atoms with E-state index in [4.69, 9.17) is 14.7 Å². The monoisotopic (exact) mass is 505 g/mol. The highest BCUT2D eigenvalue weighted by atomic mass is 32.2. The van der Waals surface area contributed by atoms with Crippen molar-refractivity contribution in [2.45, 2.75) is 11.8 Å². The van der Waals surface area contributed by atoms with E-state index in [1.807, 2.05) is 0 Å². The number of primary amides is 1. The van der Waals surface area contributed by atoms with Crippen molar-refractivity contribution in [1.82, 2.24) is 4.90 Å². The van der Waals surface area contributed by atoms with E-state index in [1.165, 1.54) is 56.5 Å². The molecule has 2 aromatic rings. The van der Waals surface area contributed by atoms with Crippen molar-refractivity contribution in [2.24, 2.45) is 5.73 Å². The summed E-state index contributed by atoms with van der Waals surface area (Å²) in [4.78, 5) is 47.3. The minimum absolute atomic E-state index is 0.0542. The maximum atomic E-state index is 12.9. The molecule has 11 nitrogen and oxygen atoms in total. The van der Waals surface area contributed by atoms with Gasteiger partial charge in [0.1, 0.15) is 11.4 Å². The van der Waals surface area contributed by atoms with Crippen LogP contribution in [0.1, 0.15) is 12.5 Å². The van der Waals surface area contributed by atoms with Gasteiger partial charge in [-0.15, -0.1) is 0 Å². The Bertz CT molecular complexity index is 1300. The van der Waals surface area contributed by atoms with E-state index in [0.717, 1.165) is 0 Å². The number of hydrogen-bond acceptors (Lipinski definition) is 9. The van der Waals surface area contributed by atoms with Crippen LogP contribution in [0, 0.1) is 0 Å². The van der Waals surface area contributed by atoms with Gasteiger partial charge in [-0.25, -0.2) is 0 Å². The van der Waals surface area contributed by atoms with Gasteiger partial charge in [-0.3, -0.25) is 24.1 Å². The van der Waals surface area contributed by atoms with E-state index in [9.17, 15) is 27.6 Å². The number of thioether (sulfide) groups is 1. The third-order valence-electron chi connectivity index (χ3n) is 4.36. The van der Waals surface area contributed by atoms with Crippen molar-refractivity contribution in [2.75, 3.05) is 19.0 Å². The average Bonchev–Trinajstić information content (AvgIpc) is 3.01. The summed E-state index contributed by atoms with van der Waals surface area (Å²) in [7, 11) is -3.04. The number of nitrogens with two attached hydrogens (primary N) is 1. The number of nitrogens with one attached hydrogen (secondary N) is 1. The van der Waals surface area contributed by atoms with Crippen molar-refractivity contribution in [3.05, 3.63) is 52.9 Å². The topological polar surface area (TPSA) is 162 Å². The standard InChI is InChI=1S/C21H19N3O8S2/c1-12(25)23-14-6-8-15(9-7-14)34(29,30)32-19-13(4-3-5-16(19)31-2)10-17-20(27)24(11-18(22)26)21(28)33-17/h3-10H,11H2,1-2H3,(H2,22,26)(H,23,25)/b17-10-. The summed E-state index contributed by atoms with van der Waals surface area (Å²) >= 11 is 0.572. The second-order valence-electron chi connectivity index (χ2n) is 6.86. The first-order chi connectivity index (χ1) is 16.0. The zero-order chi connectivity index (χ0) is 25.0. The molecule has 178 valence electrons.